The first-order valence-electron chi connectivity index (χ1n) is 5.72. The Hall–Kier alpha value is -0.0831. The Bertz CT molecular complexity index is 123. The van der Waals surface area contributed by atoms with Crippen LogP contribution < -0.4 is 0 Å². The molecule has 0 atom stereocenters. The number of unbranched alkanes of at least 4 members (excludes halogenated alkanes) is 1. The number of hydrogen-bond acceptors (Lipinski definition) is 1. The lowest BCUT2D eigenvalue weighted by Crippen LogP contribution is -2.28. The first kappa shape index (κ1) is 12.9. The number of nitrogens with zero attached hydrogens (tertiary/aromatic N) is 1. The van der Waals surface area contributed by atoms with Gasteiger partial charge in [0.1, 0.15) is 9.68 Å². The lowest BCUT2D eigenvalue weighted by Gasteiger charge is -2.19. The second kappa shape index (κ2) is 10.0. The van der Waals surface area contributed by atoms with Crippen LogP contribution in [-0.4, -0.2) is 27.3 Å². The summed E-state index contributed by atoms with van der Waals surface area (Å²) in [7, 11) is -0.0642. The first-order chi connectivity index (χ1) is 6.35. The molecule has 0 aromatic carbocycles. The van der Waals surface area contributed by atoms with Gasteiger partial charge in [-0.2, -0.15) is 0 Å². The van der Waals surface area contributed by atoms with E-state index in [2.05, 4.69) is 37.1 Å². The standard InChI is InChI=1S/C11H25NSi/c1-4-7-10-12(9-6-3)13-11-8-5-2/h8,11H,4-7,9-10,13H2,1-3H3. The summed E-state index contributed by atoms with van der Waals surface area (Å²) in [6.07, 6.45) is 7.51. The van der Waals surface area contributed by atoms with E-state index in [4.69, 9.17) is 0 Å². The summed E-state index contributed by atoms with van der Waals surface area (Å²) in [5.74, 6) is 0. The molecule has 0 saturated carbocycles. The molecule has 0 aliphatic heterocycles. The minimum absolute atomic E-state index is 0.0642. The van der Waals surface area contributed by atoms with Gasteiger partial charge in [-0.15, -0.1) is 0 Å². The van der Waals surface area contributed by atoms with Crippen molar-refractivity contribution in [1.82, 2.24) is 4.57 Å². The van der Waals surface area contributed by atoms with Gasteiger partial charge >= 0.3 is 0 Å². The molecular weight excluding hydrogens is 174 g/mol. The Morgan fingerprint density at radius 2 is 1.85 bits per heavy atom. The monoisotopic (exact) mass is 199 g/mol. The van der Waals surface area contributed by atoms with E-state index >= 15 is 0 Å². The third-order valence-electron chi connectivity index (χ3n) is 2.13. The SMILES string of the molecule is CCC=C[SiH2]N(CCC)CCCC. The molecule has 0 aliphatic carbocycles. The van der Waals surface area contributed by atoms with Crippen molar-refractivity contribution in [2.75, 3.05) is 13.1 Å². The van der Waals surface area contributed by atoms with Gasteiger partial charge in [-0.25, -0.2) is 0 Å². The van der Waals surface area contributed by atoms with E-state index in [9.17, 15) is 0 Å². The fourth-order valence-electron chi connectivity index (χ4n) is 1.38. The van der Waals surface area contributed by atoms with Crippen molar-refractivity contribution in [2.24, 2.45) is 0 Å². The molecule has 13 heavy (non-hydrogen) atoms. The number of allylic oxidation sites excluding steroid dienone is 1. The van der Waals surface area contributed by atoms with Crippen LogP contribution in [0, 0.1) is 0 Å². The highest BCUT2D eigenvalue weighted by atomic mass is 28.2. The molecule has 0 bridgehead atoms. The maximum atomic E-state index is 2.68. The second-order valence-electron chi connectivity index (χ2n) is 3.53. The highest BCUT2D eigenvalue weighted by Crippen LogP contribution is 1.95. The first-order valence-corrected chi connectivity index (χ1v) is 7.17. The summed E-state index contributed by atoms with van der Waals surface area (Å²) in [6.45, 7) is 9.39. The summed E-state index contributed by atoms with van der Waals surface area (Å²) >= 11 is 0. The maximum Gasteiger partial charge on any atom is 0.119 e. The predicted molar refractivity (Wildman–Crippen MR) is 64.7 cm³/mol. The minimum atomic E-state index is -0.0642. The molecule has 78 valence electrons. The summed E-state index contributed by atoms with van der Waals surface area (Å²) in [5, 5.41) is 0. The Labute approximate surface area is 86.1 Å². The molecule has 0 saturated heterocycles. The largest absolute Gasteiger partial charge is 0.325 e. The highest BCUT2D eigenvalue weighted by Gasteiger charge is 1.99. The van der Waals surface area contributed by atoms with E-state index in [0.29, 0.717) is 0 Å². The molecule has 1 nitrogen and oxygen atoms in total. The van der Waals surface area contributed by atoms with Crippen molar-refractivity contribution >= 4 is 9.68 Å². The Morgan fingerprint density at radius 1 is 1.08 bits per heavy atom. The van der Waals surface area contributed by atoms with Crippen LogP contribution in [0.15, 0.2) is 11.8 Å². The Balaban J connectivity index is 3.59. The van der Waals surface area contributed by atoms with E-state index in [-0.39, 0.29) is 9.68 Å². The van der Waals surface area contributed by atoms with E-state index in [1.165, 1.54) is 38.8 Å². The molecule has 0 fully saturated rings. The molecule has 0 amide bonds. The van der Waals surface area contributed by atoms with Crippen molar-refractivity contribution in [3.8, 4) is 0 Å². The molecule has 0 heterocycles. The van der Waals surface area contributed by atoms with Crippen molar-refractivity contribution in [3.63, 3.8) is 0 Å². The molecule has 0 spiro atoms. The zero-order valence-electron chi connectivity index (χ0n) is 9.55. The second-order valence-corrected chi connectivity index (χ2v) is 5.26. The molecule has 2 heteroatoms. The van der Waals surface area contributed by atoms with Gasteiger partial charge in [-0.1, -0.05) is 39.0 Å². The van der Waals surface area contributed by atoms with Gasteiger partial charge in [-0.05, 0) is 32.4 Å². The van der Waals surface area contributed by atoms with Gasteiger partial charge in [0.25, 0.3) is 0 Å². The summed E-state index contributed by atoms with van der Waals surface area (Å²) in [6, 6.07) is 0. The lowest BCUT2D eigenvalue weighted by atomic mass is 10.3. The van der Waals surface area contributed by atoms with Crippen molar-refractivity contribution in [3.05, 3.63) is 11.8 Å². The van der Waals surface area contributed by atoms with Crippen LogP contribution in [0.3, 0.4) is 0 Å². The molecule has 0 aromatic rings. The van der Waals surface area contributed by atoms with Crippen molar-refractivity contribution in [1.29, 1.82) is 0 Å². The maximum absolute atomic E-state index is 2.68. The zero-order chi connectivity index (χ0) is 9.94. The summed E-state index contributed by atoms with van der Waals surface area (Å²) < 4.78 is 2.68. The quantitative estimate of drug-likeness (QED) is 0.543. The van der Waals surface area contributed by atoms with Crippen LogP contribution in [0.4, 0.5) is 0 Å². The van der Waals surface area contributed by atoms with Crippen LogP contribution in [0.25, 0.3) is 0 Å². The van der Waals surface area contributed by atoms with Gasteiger partial charge in [-0.3, -0.25) is 0 Å². The topological polar surface area (TPSA) is 3.24 Å². The highest BCUT2D eigenvalue weighted by molar-refractivity contribution is 6.38. The van der Waals surface area contributed by atoms with Gasteiger partial charge in [0.2, 0.25) is 0 Å². The van der Waals surface area contributed by atoms with Crippen LogP contribution in [0.2, 0.25) is 0 Å². The fourth-order valence-corrected chi connectivity index (χ4v) is 3.07. The minimum Gasteiger partial charge on any atom is -0.325 e. The van der Waals surface area contributed by atoms with Gasteiger partial charge in [0.15, 0.2) is 0 Å². The molecule has 0 radical (unpaired) electrons. The zero-order valence-corrected chi connectivity index (χ0v) is 11.0. The van der Waals surface area contributed by atoms with Crippen molar-refractivity contribution in [2.45, 2.75) is 46.5 Å². The van der Waals surface area contributed by atoms with Gasteiger partial charge in [0.05, 0.1) is 0 Å². The average molecular weight is 199 g/mol. The summed E-state index contributed by atoms with van der Waals surface area (Å²) in [5.41, 5.74) is 2.44. The molecular formula is C11H25NSi. The van der Waals surface area contributed by atoms with E-state index in [1.807, 2.05) is 0 Å². The smallest absolute Gasteiger partial charge is 0.119 e. The molecule has 0 N–H and O–H groups in total. The van der Waals surface area contributed by atoms with E-state index < -0.39 is 0 Å². The van der Waals surface area contributed by atoms with E-state index in [0.717, 1.165) is 0 Å². The van der Waals surface area contributed by atoms with Crippen LogP contribution in [0.1, 0.15) is 46.5 Å². The third-order valence-corrected chi connectivity index (χ3v) is 3.83. The fraction of sp³-hybridized carbons (Fsp3) is 0.818. The number of rotatable bonds is 8. The molecule has 0 aromatic heterocycles. The van der Waals surface area contributed by atoms with Crippen molar-refractivity contribution < 1.29 is 0 Å². The lowest BCUT2D eigenvalue weighted by molar-refractivity contribution is 0.433. The molecule has 0 aliphatic rings. The number of hydrogen-bond donors (Lipinski definition) is 0. The Morgan fingerprint density at radius 3 is 2.38 bits per heavy atom. The van der Waals surface area contributed by atoms with E-state index in [1.54, 1.807) is 0 Å². The van der Waals surface area contributed by atoms with Gasteiger partial charge < -0.3 is 4.57 Å². The van der Waals surface area contributed by atoms with Crippen LogP contribution >= 0.6 is 0 Å². The molecule has 0 rings (SSSR count). The molecule has 0 unspecified atom stereocenters. The van der Waals surface area contributed by atoms with Crippen LogP contribution in [-0.2, 0) is 0 Å². The normalized spacial score (nSPS) is 12.6. The van der Waals surface area contributed by atoms with Crippen LogP contribution in [0.5, 0.6) is 0 Å². The predicted octanol–water partition coefficient (Wildman–Crippen LogP) is 2.51. The van der Waals surface area contributed by atoms with Gasteiger partial charge in [0, 0.05) is 0 Å². The average Bonchev–Trinajstić information content (AvgIpc) is 2.14. The summed E-state index contributed by atoms with van der Waals surface area (Å²) in [4.78, 5) is 0. The Kier molecular flexibility index (Phi) is 9.94. The third kappa shape index (κ3) is 8.25.